The van der Waals surface area contributed by atoms with Crippen LogP contribution >= 0.6 is 0 Å². The molecule has 6 heteroatoms. The summed E-state index contributed by atoms with van der Waals surface area (Å²) in [5.74, 6) is -3.11. The summed E-state index contributed by atoms with van der Waals surface area (Å²) in [5, 5.41) is 8.93. The van der Waals surface area contributed by atoms with Gasteiger partial charge in [-0.3, -0.25) is 4.79 Å². The summed E-state index contributed by atoms with van der Waals surface area (Å²) in [5.41, 5.74) is -0.141. The van der Waals surface area contributed by atoms with Crippen LogP contribution < -0.4 is 4.74 Å². The van der Waals surface area contributed by atoms with Crippen molar-refractivity contribution in [3.05, 3.63) is 65.2 Å². The summed E-state index contributed by atoms with van der Waals surface area (Å²) < 4.78 is 30.8. The number of carbonyl (C=O) groups is 2. The van der Waals surface area contributed by atoms with Gasteiger partial charge in [-0.25, -0.2) is 13.6 Å². The van der Waals surface area contributed by atoms with Crippen LogP contribution in [0.1, 0.15) is 20.7 Å². The number of carboxylic acids is 1. The molecule has 0 aromatic heterocycles. The number of hydrogen-bond donors (Lipinski definition) is 1. The molecule has 0 fully saturated rings. The van der Waals surface area contributed by atoms with Crippen molar-refractivity contribution >= 4 is 11.8 Å². The highest BCUT2D eigenvalue weighted by Crippen LogP contribution is 2.20. The Balaban J connectivity index is 2.11. The molecule has 0 bridgehead atoms. The molecule has 2 rings (SSSR count). The zero-order valence-corrected chi connectivity index (χ0v) is 10.7. The molecule has 0 atom stereocenters. The van der Waals surface area contributed by atoms with Gasteiger partial charge in [0.1, 0.15) is 22.9 Å². The molecular weight excluding hydrogens is 282 g/mol. The van der Waals surface area contributed by atoms with E-state index in [2.05, 4.69) is 0 Å². The molecule has 4 nitrogen and oxygen atoms in total. The first-order valence-electron chi connectivity index (χ1n) is 5.92. The number of benzene rings is 2. The normalized spacial score (nSPS) is 10.2. The average molecular weight is 292 g/mol. The lowest BCUT2D eigenvalue weighted by atomic mass is 10.1. The topological polar surface area (TPSA) is 63.6 Å². The maximum absolute atomic E-state index is 13.0. The van der Waals surface area contributed by atoms with Crippen molar-refractivity contribution in [2.75, 3.05) is 6.61 Å². The molecule has 0 saturated carbocycles. The molecule has 0 saturated heterocycles. The second-order valence-corrected chi connectivity index (χ2v) is 4.16. The van der Waals surface area contributed by atoms with E-state index < -0.39 is 30.0 Å². The predicted octanol–water partition coefficient (Wildman–Crippen LogP) is 2.92. The van der Waals surface area contributed by atoms with E-state index in [-0.39, 0.29) is 16.9 Å². The zero-order valence-electron chi connectivity index (χ0n) is 10.7. The van der Waals surface area contributed by atoms with Crippen molar-refractivity contribution < 1.29 is 28.2 Å². The molecule has 1 N–H and O–H groups in total. The van der Waals surface area contributed by atoms with Gasteiger partial charge in [-0.2, -0.15) is 0 Å². The Morgan fingerprint density at radius 2 is 1.62 bits per heavy atom. The first-order valence-corrected chi connectivity index (χ1v) is 5.92. The molecule has 0 aliphatic heterocycles. The van der Waals surface area contributed by atoms with Gasteiger partial charge < -0.3 is 9.84 Å². The van der Waals surface area contributed by atoms with Crippen molar-refractivity contribution in [3.8, 4) is 5.75 Å². The zero-order chi connectivity index (χ0) is 15.4. The van der Waals surface area contributed by atoms with Crippen molar-refractivity contribution in [2.24, 2.45) is 0 Å². The van der Waals surface area contributed by atoms with Gasteiger partial charge in [0.25, 0.3) is 0 Å². The minimum atomic E-state index is -1.36. The third kappa shape index (κ3) is 3.62. The number of ketones is 1. The van der Waals surface area contributed by atoms with E-state index in [0.29, 0.717) is 0 Å². The smallest absolute Gasteiger partial charge is 0.339 e. The number of rotatable bonds is 5. The molecule has 0 aliphatic rings. The van der Waals surface area contributed by atoms with Gasteiger partial charge in [0, 0.05) is 5.56 Å². The summed E-state index contributed by atoms with van der Waals surface area (Å²) >= 11 is 0. The van der Waals surface area contributed by atoms with Crippen LogP contribution in [0.3, 0.4) is 0 Å². The van der Waals surface area contributed by atoms with Gasteiger partial charge in [-0.1, -0.05) is 0 Å². The van der Waals surface area contributed by atoms with E-state index in [9.17, 15) is 18.4 Å². The lowest BCUT2D eigenvalue weighted by molar-refractivity contribution is 0.0688. The van der Waals surface area contributed by atoms with E-state index in [1.54, 1.807) is 0 Å². The predicted molar refractivity (Wildman–Crippen MR) is 69.6 cm³/mol. The largest absolute Gasteiger partial charge is 0.485 e. The van der Waals surface area contributed by atoms with Gasteiger partial charge in [0.2, 0.25) is 0 Å². The molecule has 21 heavy (non-hydrogen) atoms. The van der Waals surface area contributed by atoms with E-state index in [4.69, 9.17) is 9.84 Å². The molecular formula is C15H10F2O4. The molecule has 0 radical (unpaired) electrons. The summed E-state index contributed by atoms with van der Waals surface area (Å²) in [4.78, 5) is 22.8. The van der Waals surface area contributed by atoms with E-state index in [1.807, 2.05) is 0 Å². The fraction of sp³-hybridized carbons (Fsp3) is 0.0667. The SMILES string of the molecule is O=C(COc1ccc(F)cc1C(=O)O)c1ccc(F)cc1. The summed E-state index contributed by atoms with van der Waals surface area (Å²) in [6, 6.07) is 7.83. The number of ether oxygens (including phenoxy) is 1. The molecule has 2 aromatic rings. The number of halogens is 2. The van der Waals surface area contributed by atoms with Crippen molar-refractivity contribution in [2.45, 2.75) is 0 Å². The number of carboxylic acid groups (broad SMARTS) is 1. The molecule has 108 valence electrons. The molecule has 0 amide bonds. The van der Waals surface area contributed by atoms with E-state index in [1.165, 1.54) is 12.1 Å². The molecule has 2 aromatic carbocycles. The summed E-state index contributed by atoms with van der Waals surface area (Å²) in [6.07, 6.45) is 0. The van der Waals surface area contributed by atoms with Crippen LogP contribution in [0.2, 0.25) is 0 Å². The van der Waals surface area contributed by atoms with Gasteiger partial charge in [0.15, 0.2) is 12.4 Å². The monoisotopic (exact) mass is 292 g/mol. The Morgan fingerprint density at radius 3 is 2.24 bits per heavy atom. The highest BCUT2D eigenvalue weighted by atomic mass is 19.1. The third-order valence-corrected chi connectivity index (χ3v) is 2.70. The standard InChI is InChI=1S/C15H10F2O4/c16-10-3-1-9(2-4-10)13(18)8-21-14-6-5-11(17)7-12(14)15(19)20/h1-7H,8H2,(H,19,20). The highest BCUT2D eigenvalue weighted by molar-refractivity contribution is 5.97. The summed E-state index contributed by atoms with van der Waals surface area (Å²) in [7, 11) is 0. The highest BCUT2D eigenvalue weighted by Gasteiger charge is 2.14. The number of aromatic carboxylic acids is 1. The van der Waals surface area contributed by atoms with Crippen molar-refractivity contribution in [1.82, 2.24) is 0 Å². The second-order valence-electron chi connectivity index (χ2n) is 4.16. The van der Waals surface area contributed by atoms with Crippen LogP contribution in [-0.4, -0.2) is 23.5 Å². The number of carbonyl (C=O) groups excluding carboxylic acids is 1. The third-order valence-electron chi connectivity index (χ3n) is 2.70. The second kappa shape index (κ2) is 6.13. The van der Waals surface area contributed by atoms with Crippen LogP contribution in [0, 0.1) is 11.6 Å². The minimum Gasteiger partial charge on any atom is -0.485 e. The van der Waals surface area contributed by atoms with Gasteiger partial charge in [-0.05, 0) is 42.5 Å². The summed E-state index contributed by atoms with van der Waals surface area (Å²) in [6.45, 7) is -0.433. The first-order chi connectivity index (χ1) is 9.97. The van der Waals surface area contributed by atoms with Crippen LogP contribution in [-0.2, 0) is 0 Å². The fourth-order valence-electron chi connectivity index (χ4n) is 1.66. The lowest BCUT2D eigenvalue weighted by Crippen LogP contribution is -2.13. The Bertz CT molecular complexity index is 681. The van der Waals surface area contributed by atoms with Crippen molar-refractivity contribution in [1.29, 1.82) is 0 Å². The van der Waals surface area contributed by atoms with Gasteiger partial charge in [0.05, 0.1) is 0 Å². The molecule has 0 heterocycles. The number of Topliss-reactive ketones (excluding diaryl/α,β-unsaturated/α-hetero) is 1. The van der Waals surface area contributed by atoms with Crippen LogP contribution in [0.25, 0.3) is 0 Å². The number of hydrogen-bond acceptors (Lipinski definition) is 3. The Kier molecular flexibility index (Phi) is 4.27. The quantitative estimate of drug-likeness (QED) is 0.861. The van der Waals surface area contributed by atoms with Crippen LogP contribution in [0.5, 0.6) is 5.75 Å². The van der Waals surface area contributed by atoms with Crippen LogP contribution in [0.15, 0.2) is 42.5 Å². The molecule has 0 aliphatic carbocycles. The van der Waals surface area contributed by atoms with Crippen LogP contribution in [0.4, 0.5) is 8.78 Å². The minimum absolute atomic E-state index is 0.112. The van der Waals surface area contributed by atoms with Gasteiger partial charge in [-0.15, -0.1) is 0 Å². The van der Waals surface area contributed by atoms with E-state index >= 15 is 0 Å². The Labute approximate surface area is 118 Å². The Morgan fingerprint density at radius 1 is 1.00 bits per heavy atom. The first kappa shape index (κ1) is 14.6. The van der Waals surface area contributed by atoms with Gasteiger partial charge >= 0.3 is 5.97 Å². The Hall–Kier alpha value is -2.76. The fourth-order valence-corrected chi connectivity index (χ4v) is 1.66. The molecule has 0 spiro atoms. The lowest BCUT2D eigenvalue weighted by Gasteiger charge is -2.08. The van der Waals surface area contributed by atoms with Crippen molar-refractivity contribution in [3.63, 3.8) is 0 Å². The molecule has 0 unspecified atom stereocenters. The maximum atomic E-state index is 13.0. The van der Waals surface area contributed by atoms with E-state index in [0.717, 1.165) is 30.3 Å². The maximum Gasteiger partial charge on any atom is 0.339 e. The average Bonchev–Trinajstić information content (AvgIpc) is 2.46.